The number of hydrogen-bond donors (Lipinski definition) is 0. The minimum Gasteiger partial charge on any atom is -0.461 e. The van der Waals surface area contributed by atoms with Gasteiger partial charge in [-0.15, -0.1) is 0 Å². The molecule has 12 heteroatoms. The van der Waals surface area contributed by atoms with Crippen LogP contribution in [0, 0.1) is 0 Å². The molecule has 200 valence electrons. The Hall–Kier alpha value is -3.22. The third-order valence-electron chi connectivity index (χ3n) is 6.49. The molecular formula is C26H30BBrN4O6. The molecule has 0 aliphatic carbocycles. The van der Waals surface area contributed by atoms with Crippen LogP contribution in [0.4, 0.5) is 0 Å². The van der Waals surface area contributed by atoms with E-state index >= 15 is 0 Å². The molecule has 0 bridgehead atoms. The number of carbonyl (C=O) groups is 2. The Morgan fingerprint density at radius 1 is 0.842 bits per heavy atom. The second-order valence-corrected chi connectivity index (χ2v) is 10.5. The molecule has 4 aromatic rings. The SMILES string of the molecule is CCOC(=O)c1cnc2ccc(B3OC(C)(C)C(C)(C)O3)cn12.CCOC(=O)c1cnc2ccc(Br)cn12. The molecule has 0 atom stereocenters. The van der Waals surface area contributed by atoms with E-state index in [1.807, 2.05) is 58.2 Å². The van der Waals surface area contributed by atoms with Gasteiger partial charge in [0.25, 0.3) is 0 Å². The Kier molecular flexibility index (Phi) is 7.96. The summed E-state index contributed by atoms with van der Waals surface area (Å²) in [6.45, 7) is 12.3. The fourth-order valence-electron chi connectivity index (χ4n) is 3.78. The summed E-state index contributed by atoms with van der Waals surface area (Å²) in [6.07, 6.45) is 6.63. The van der Waals surface area contributed by atoms with Crippen molar-refractivity contribution in [3.63, 3.8) is 0 Å². The zero-order valence-corrected chi connectivity index (χ0v) is 23.8. The predicted octanol–water partition coefficient (Wildman–Crippen LogP) is 4.08. The van der Waals surface area contributed by atoms with Crippen LogP contribution in [0.5, 0.6) is 0 Å². The maximum atomic E-state index is 12.0. The molecule has 1 saturated heterocycles. The average Bonchev–Trinajstić information content (AvgIpc) is 3.52. The van der Waals surface area contributed by atoms with Gasteiger partial charge in [-0.1, -0.05) is 6.07 Å². The van der Waals surface area contributed by atoms with Gasteiger partial charge >= 0.3 is 19.1 Å². The summed E-state index contributed by atoms with van der Waals surface area (Å²) in [5, 5.41) is 0. The summed E-state index contributed by atoms with van der Waals surface area (Å²) in [5.74, 6) is -0.755. The summed E-state index contributed by atoms with van der Waals surface area (Å²) in [6, 6.07) is 7.44. The topological polar surface area (TPSA) is 106 Å². The van der Waals surface area contributed by atoms with E-state index in [0.29, 0.717) is 30.2 Å². The summed E-state index contributed by atoms with van der Waals surface area (Å²) in [4.78, 5) is 31.9. The first-order valence-electron chi connectivity index (χ1n) is 12.3. The van der Waals surface area contributed by atoms with Crippen molar-refractivity contribution in [1.29, 1.82) is 0 Å². The number of hydrogen-bond acceptors (Lipinski definition) is 8. The molecule has 1 aliphatic rings. The number of nitrogens with zero attached hydrogens (tertiary/aromatic N) is 4. The van der Waals surface area contributed by atoms with Gasteiger partial charge in [-0.3, -0.25) is 8.80 Å². The van der Waals surface area contributed by atoms with Crippen LogP contribution in [0.3, 0.4) is 0 Å². The zero-order chi connectivity index (χ0) is 27.7. The molecule has 0 unspecified atom stereocenters. The molecule has 0 aromatic carbocycles. The number of imidazole rings is 2. The maximum Gasteiger partial charge on any atom is 0.496 e. The molecule has 0 amide bonds. The lowest BCUT2D eigenvalue weighted by atomic mass is 9.80. The van der Waals surface area contributed by atoms with Crippen molar-refractivity contribution in [1.82, 2.24) is 18.8 Å². The molecule has 4 aromatic heterocycles. The Morgan fingerprint density at radius 2 is 1.32 bits per heavy atom. The van der Waals surface area contributed by atoms with E-state index in [0.717, 1.165) is 15.6 Å². The van der Waals surface area contributed by atoms with Gasteiger partial charge in [-0.05, 0) is 81.1 Å². The van der Waals surface area contributed by atoms with Crippen LogP contribution in [-0.2, 0) is 18.8 Å². The highest BCUT2D eigenvalue weighted by Crippen LogP contribution is 2.36. The quantitative estimate of drug-likeness (QED) is 0.255. The molecular weight excluding hydrogens is 555 g/mol. The van der Waals surface area contributed by atoms with Gasteiger partial charge in [0.15, 0.2) is 11.4 Å². The third kappa shape index (κ3) is 5.47. The fraction of sp³-hybridized carbons (Fsp3) is 0.385. The number of aromatic nitrogens is 4. The predicted molar refractivity (Wildman–Crippen MR) is 146 cm³/mol. The first-order chi connectivity index (χ1) is 18.0. The molecule has 0 spiro atoms. The zero-order valence-electron chi connectivity index (χ0n) is 22.2. The summed E-state index contributed by atoms with van der Waals surface area (Å²) in [5.41, 5.74) is 2.24. The van der Waals surface area contributed by atoms with Gasteiger partial charge < -0.3 is 18.8 Å². The molecule has 1 fully saturated rings. The van der Waals surface area contributed by atoms with Crippen molar-refractivity contribution >= 4 is 51.7 Å². The highest BCUT2D eigenvalue weighted by molar-refractivity contribution is 9.10. The van der Waals surface area contributed by atoms with E-state index in [4.69, 9.17) is 18.8 Å². The van der Waals surface area contributed by atoms with Gasteiger partial charge in [0.2, 0.25) is 0 Å². The van der Waals surface area contributed by atoms with Gasteiger partial charge in [-0.2, -0.15) is 0 Å². The van der Waals surface area contributed by atoms with Crippen molar-refractivity contribution in [2.24, 2.45) is 0 Å². The lowest BCUT2D eigenvalue weighted by molar-refractivity contribution is 0.00578. The normalized spacial score (nSPS) is 15.8. The van der Waals surface area contributed by atoms with Crippen molar-refractivity contribution < 1.29 is 28.4 Å². The molecule has 5 heterocycles. The summed E-state index contributed by atoms with van der Waals surface area (Å²) < 4.78 is 26.4. The van der Waals surface area contributed by atoms with Crippen molar-refractivity contribution in [3.05, 3.63) is 64.9 Å². The van der Waals surface area contributed by atoms with E-state index in [9.17, 15) is 9.59 Å². The monoisotopic (exact) mass is 584 g/mol. The number of carbonyl (C=O) groups excluding carboxylic acids is 2. The number of rotatable bonds is 5. The standard InChI is InChI=1S/C16H21BN2O4.C10H9BrN2O2/c1-6-21-14(20)12-9-18-13-8-7-11(10-19(12)13)17-22-15(2,3)16(4,5)23-17;1-2-15-10(14)8-5-12-9-4-3-7(11)6-13(8)9/h7-10H,6H2,1-5H3;3-6H,2H2,1H3. The van der Waals surface area contributed by atoms with Crippen molar-refractivity contribution in [2.45, 2.75) is 52.7 Å². The fourth-order valence-corrected chi connectivity index (χ4v) is 4.12. The Bertz CT molecular complexity index is 1470. The summed E-state index contributed by atoms with van der Waals surface area (Å²) >= 11 is 3.34. The summed E-state index contributed by atoms with van der Waals surface area (Å²) in [7, 11) is -0.484. The second-order valence-electron chi connectivity index (χ2n) is 9.58. The van der Waals surface area contributed by atoms with Gasteiger partial charge in [0.05, 0.1) is 36.8 Å². The van der Waals surface area contributed by atoms with Crippen LogP contribution in [0.2, 0.25) is 0 Å². The van der Waals surface area contributed by atoms with E-state index in [2.05, 4.69) is 25.9 Å². The van der Waals surface area contributed by atoms with Crippen LogP contribution >= 0.6 is 15.9 Å². The van der Waals surface area contributed by atoms with Gasteiger partial charge in [0.1, 0.15) is 11.3 Å². The largest absolute Gasteiger partial charge is 0.496 e. The highest BCUT2D eigenvalue weighted by Gasteiger charge is 2.51. The van der Waals surface area contributed by atoms with Gasteiger partial charge in [-0.25, -0.2) is 19.6 Å². The Morgan fingerprint density at radius 3 is 1.82 bits per heavy atom. The number of fused-ring (bicyclic) bond motifs is 2. The van der Waals surface area contributed by atoms with Crippen LogP contribution < -0.4 is 5.46 Å². The first-order valence-corrected chi connectivity index (χ1v) is 13.1. The molecule has 10 nitrogen and oxygen atoms in total. The van der Waals surface area contributed by atoms with Crippen LogP contribution in [-0.4, -0.2) is 62.2 Å². The van der Waals surface area contributed by atoms with E-state index < -0.39 is 24.3 Å². The lowest BCUT2D eigenvalue weighted by Crippen LogP contribution is -2.41. The van der Waals surface area contributed by atoms with E-state index in [-0.39, 0.29) is 5.97 Å². The van der Waals surface area contributed by atoms with Crippen LogP contribution in [0.15, 0.2) is 53.5 Å². The lowest BCUT2D eigenvalue weighted by Gasteiger charge is -2.32. The van der Waals surface area contributed by atoms with Crippen LogP contribution in [0.1, 0.15) is 62.5 Å². The third-order valence-corrected chi connectivity index (χ3v) is 6.96. The minimum absolute atomic E-state index is 0.322. The Balaban J connectivity index is 0.000000194. The molecule has 1 aliphatic heterocycles. The van der Waals surface area contributed by atoms with Gasteiger partial charge in [0, 0.05) is 16.9 Å². The number of pyridine rings is 2. The first kappa shape index (κ1) is 27.8. The van der Waals surface area contributed by atoms with Crippen molar-refractivity contribution in [3.8, 4) is 0 Å². The number of halogens is 1. The molecule has 38 heavy (non-hydrogen) atoms. The Labute approximate surface area is 229 Å². The van der Waals surface area contributed by atoms with Crippen molar-refractivity contribution in [2.75, 3.05) is 13.2 Å². The minimum atomic E-state index is -0.484. The molecule has 5 rings (SSSR count). The molecule has 0 N–H and O–H groups in total. The smallest absolute Gasteiger partial charge is 0.461 e. The van der Waals surface area contributed by atoms with E-state index in [1.165, 1.54) is 12.4 Å². The van der Waals surface area contributed by atoms with Crippen LogP contribution in [0.25, 0.3) is 11.3 Å². The second kappa shape index (κ2) is 10.9. The van der Waals surface area contributed by atoms with E-state index in [1.54, 1.807) is 28.8 Å². The average molecular weight is 585 g/mol. The number of esters is 2. The molecule has 0 saturated carbocycles. The molecule has 0 radical (unpaired) electrons. The number of ether oxygens (including phenoxy) is 2. The maximum absolute atomic E-state index is 12.0. The highest BCUT2D eigenvalue weighted by atomic mass is 79.9.